The van der Waals surface area contributed by atoms with Crippen LogP contribution in [-0.4, -0.2) is 14.3 Å². The molecule has 0 atom stereocenters. The Kier molecular flexibility index (Phi) is 15.5. The third-order valence-corrected chi connectivity index (χ3v) is 38.9. The van der Waals surface area contributed by atoms with Crippen LogP contribution in [0.15, 0.2) is 72.8 Å². The summed E-state index contributed by atoms with van der Waals surface area (Å²) in [5.74, 6) is 0. The van der Waals surface area contributed by atoms with E-state index in [0.717, 1.165) is 103 Å². The summed E-state index contributed by atoms with van der Waals surface area (Å²) in [6.45, 7) is 67.0. The molecule has 0 heterocycles. The van der Waals surface area contributed by atoms with Crippen LogP contribution in [0.5, 0.6) is 0 Å². The molecule has 0 amide bonds. The maximum atomic E-state index is 21.7. The average molecular weight is 1420 g/mol. The van der Waals surface area contributed by atoms with Gasteiger partial charge in [0.25, 0.3) is 0 Å². The van der Waals surface area contributed by atoms with Gasteiger partial charge in [-0.25, -0.2) is 0 Å². The topological polar surface area (TPSA) is 17.1 Å². The van der Waals surface area contributed by atoms with Crippen molar-refractivity contribution >= 4 is 14.3 Å². The van der Waals surface area contributed by atoms with Gasteiger partial charge in [-0.15, -0.1) is 0 Å². The quantitative estimate of drug-likeness (QED) is 0.0882. The molecule has 0 N–H and O–H groups in total. The second kappa shape index (κ2) is 22.0. The molecular formula is C100H134GeO. The van der Waals surface area contributed by atoms with Crippen LogP contribution in [-0.2, 0) is 88.1 Å². The Morgan fingerprint density at radius 3 is 0.480 bits per heavy atom. The van der Waals surface area contributed by atoms with Gasteiger partial charge < -0.3 is 0 Å². The summed E-state index contributed by atoms with van der Waals surface area (Å²) in [5.41, 5.74) is 34.4. The second-order valence-corrected chi connectivity index (χ2v) is 49.1. The van der Waals surface area contributed by atoms with Crippen molar-refractivity contribution in [1.82, 2.24) is 0 Å². The van der Waals surface area contributed by atoms with Crippen molar-refractivity contribution in [3.8, 4) is 0 Å². The molecule has 6 aromatic carbocycles. The minimum absolute atomic E-state index is 0.0408. The predicted octanol–water partition coefficient (Wildman–Crippen LogP) is 26.5. The molecular weight excluding hydrogens is 1290 g/mol. The summed E-state index contributed by atoms with van der Waals surface area (Å²) in [6.07, 6.45) is 25.4. The van der Waals surface area contributed by atoms with Crippen molar-refractivity contribution < 1.29 is 3.78 Å². The first-order valence-electron chi connectivity index (χ1n) is 42.0. The molecule has 0 fully saturated rings. The van der Waals surface area contributed by atoms with Crippen LogP contribution in [0.4, 0.5) is 0 Å². The maximum absolute atomic E-state index is 21.7. The molecule has 2 heteroatoms. The summed E-state index contributed by atoms with van der Waals surface area (Å²) in [4.78, 5) is 0. The van der Waals surface area contributed by atoms with Gasteiger partial charge >= 0.3 is 630 Å². The number of rotatable bonds is 12. The summed E-state index contributed by atoms with van der Waals surface area (Å²) >= 11 is -4.61. The van der Waals surface area contributed by atoms with Gasteiger partial charge in [0.15, 0.2) is 0 Å². The van der Waals surface area contributed by atoms with Gasteiger partial charge in [-0.05, 0) is 0 Å². The van der Waals surface area contributed by atoms with Gasteiger partial charge in [-0.1, -0.05) is 0 Å². The van der Waals surface area contributed by atoms with E-state index in [-0.39, 0.29) is 65.0 Å². The minimum atomic E-state index is -4.61. The van der Waals surface area contributed by atoms with Crippen LogP contribution in [0.3, 0.4) is 0 Å². The molecule has 4 bridgehead atoms. The fourth-order valence-electron chi connectivity index (χ4n) is 24.9. The summed E-state index contributed by atoms with van der Waals surface area (Å²) in [7, 11) is 0. The van der Waals surface area contributed by atoms with Crippen molar-refractivity contribution in [2.75, 3.05) is 0 Å². The van der Waals surface area contributed by atoms with Gasteiger partial charge in [-0.2, -0.15) is 0 Å². The molecule has 0 radical (unpaired) electrons. The fraction of sp³-hybridized carbons (Fsp3) is 0.640. The third-order valence-electron chi connectivity index (χ3n) is 32.6. The molecule has 0 saturated heterocycles. The van der Waals surface area contributed by atoms with Gasteiger partial charge in [0.2, 0.25) is 0 Å². The molecule has 0 aromatic heterocycles. The van der Waals surface area contributed by atoms with E-state index in [1.54, 1.807) is 33.4 Å². The van der Waals surface area contributed by atoms with Crippen LogP contribution >= 0.6 is 0 Å². The van der Waals surface area contributed by atoms with Crippen molar-refractivity contribution in [2.24, 2.45) is 0 Å². The van der Waals surface area contributed by atoms with E-state index in [2.05, 4.69) is 253 Å². The number of benzene rings is 6. The number of fused-ring (bicyclic) bond motifs is 6. The van der Waals surface area contributed by atoms with Gasteiger partial charge in [0.1, 0.15) is 0 Å². The first kappa shape index (κ1) is 71.9. The van der Waals surface area contributed by atoms with Gasteiger partial charge in [0.05, 0.1) is 0 Å². The molecule has 6 aromatic rings. The van der Waals surface area contributed by atoms with Crippen molar-refractivity contribution in [1.29, 1.82) is 0 Å². The normalized spacial score (nSPS) is 29.0. The molecule has 18 rings (SSSR count). The van der Waals surface area contributed by atoms with Crippen LogP contribution in [0.1, 0.15) is 455 Å². The van der Waals surface area contributed by atoms with E-state index in [0.29, 0.717) is 0 Å². The van der Waals surface area contributed by atoms with Gasteiger partial charge in [0, 0.05) is 0 Å². The molecule has 0 aliphatic heterocycles. The van der Waals surface area contributed by atoms with Gasteiger partial charge in [-0.3, -0.25) is 0 Å². The fourth-order valence-corrected chi connectivity index (χ4v) is 31.7. The number of hydrogen-bond acceptors (Lipinski definition) is 1. The first-order valence-corrected chi connectivity index (χ1v) is 45.0. The van der Waals surface area contributed by atoms with E-state index < -0.39 is 33.6 Å². The molecule has 1 nitrogen and oxygen atoms in total. The van der Waals surface area contributed by atoms with E-state index in [4.69, 9.17) is 0 Å². The number of hydrogen-bond donors (Lipinski definition) is 0. The zero-order valence-corrected chi connectivity index (χ0v) is 71.5. The monoisotopic (exact) mass is 1420 g/mol. The summed E-state index contributed by atoms with van der Waals surface area (Å²) < 4.78 is 19.7. The SMILES string of the molecule is CCCCCCC12c3cc4c(cc3[C]([Ge](=[O])[C]35c6cc7c(cc6C(CCCCCC)(c6cc8c(cc63)C(C)(C)CCC8(C)C)c3cc6c(cc35)C(C)(C)CCC6(C)C)C(C)(C)CCC7(C)C)(c3cc5c(cc31)C(C)(C)CCC5(C)C)c1cc3c(cc12)C(C)(C)CCC3(C)C)C(C)(C)CCC4(C)C. The Morgan fingerprint density at radius 1 is 0.206 bits per heavy atom. The predicted molar refractivity (Wildman–Crippen MR) is 434 cm³/mol. The average Bonchev–Trinajstić information content (AvgIpc) is 0.628. The van der Waals surface area contributed by atoms with E-state index in [1.165, 1.54) is 139 Å². The van der Waals surface area contributed by atoms with Crippen LogP contribution in [0.2, 0.25) is 0 Å². The Labute approximate surface area is 625 Å². The molecule has 12 aliphatic rings. The first-order chi connectivity index (χ1) is 47.2. The molecule has 0 saturated carbocycles. The third kappa shape index (κ3) is 9.30. The molecule has 102 heavy (non-hydrogen) atoms. The standard InChI is InChI=1S/C100H134GeO/c1-27-29-31-33-35-97-73-49-61-67(91(15,16)43-37-85(61,3)4)55-79(73)99(80-56-68-62(50-74(80)97)86(5,6)38-44-92(68,17)18,81-57-69-63(51-75(81)97)87(7,8)39-45-93(69,19)20)101(102)100-82-58-70-64(88(9,10)40-46-94(70,21)22)52-76(82)98(36-34-32-30-28-2,77-53-65-71(59-83(77)100)95(23,24)47-41-89(65,11)12)78-54-66-72(60-84(78)100)96(25,26)48-42-90(66,13)14/h49-60H,27-48H2,1-26H3. The molecule has 544 valence electrons. The molecule has 0 spiro atoms. The van der Waals surface area contributed by atoms with Crippen LogP contribution in [0, 0.1) is 0 Å². The Hall–Kier alpha value is -4.34. The van der Waals surface area contributed by atoms with E-state index in [9.17, 15) is 0 Å². The Balaban J connectivity index is 1.20. The zero-order valence-electron chi connectivity index (χ0n) is 69.4. The van der Waals surface area contributed by atoms with Crippen molar-refractivity contribution in [3.63, 3.8) is 0 Å². The Bertz CT molecular complexity index is 3880. The zero-order chi connectivity index (χ0) is 73.5. The summed E-state index contributed by atoms with van der Waals surface area (Å²) in [5, 5.41) is 0. The van der Waals surface area contributed by atoms with Crippen LogP contribution in [0.25, 0.3) is 0 Å². The summed E-state index contributed by atoms with van der Waals surface area (Å²) in [6, 6.07) is 34.8. The second-order valence-electron chi connectivity index (χ2n) is 44.5. The van der Waals surface area contributed by atoms with Crippen LogP contribution < -0.4 is 0 Å². The molecule has 0 unspecified atom stereocenters. The Morgan fingerprint density at radius 2 is 0.343 bits per heavy atom. The molecule has 12 aliphatic carbocycles. The number of unbranched alkanes of at least 4 members (excludes halogenated alkanes) is 6. The van der Waals surface area contributed by atoms with E-state index >= 15 is 3.78 Å². The van der Waals surface area contributed by atoms with E-state index in [1.807, 2.05) is 0 Å². The van der Waals surface area contributed by atoms with Crippen molar-refractivity contribution in [2.45, 2.75) is 406 Å². The van der Waals surface area contributed by atoms with Crippen molar-refractivity contribution in [3.05, 3.63) is 206 Å².